The standard InChI is InChI=1S/C21H25NO3.ClH/c1-16-9-11-22(12-10-16)14-18-7-8-20(19(13-18)21(23)24)25-15-17-5-3-2-4-6-17;/h2-8,13,16H,9-12,14-15H2,1H3,(H,23,24);1H. The monoisotopic (exact) mass is 375 g/mol. The van der Waals surface area contributed by atoms with Crippen LogP contribution >= 0.6 is 12.4 Å². The minimum absolute atomic E-state index is 0. The number of piperidine rings is 1. The van der Waals surface area contributed by atoms with Gasteiger partial charge in [-0.05, 0) is 55.1 Å². The van der Waals surface area contributed by atoms with Gasteiger partial charge >= 0.3 is 5.97 Å². The van der Waals surface area contributed by atoms with Gasteiger partial charge in [0, 0.05) is 6.54 Å². The number of halogens is 1. The van der Waals surface area contributed by atoms with Gasteiger partial charge in [-0.1, -0.05) is 43.3 Å². The average molecular weight is 376 g/mol. The maximum Gasteiger partial charge on any atom is 0.339 e. The molecule has 0 bridgehead atoms. The molecule has 0 radical (unpaired) electrons. The van der Waals surface area contributed by atoms with Crippen LogP contribution in [0.2, 0.25) is 0 Å². The van der Waals surface area contributed by atoms with E-state index in [1.807, 2.05) is 36.4 Å². The minimum Gasteiger partial charge on any atom is -0.488 e. The molecule has 2 aromatic carbocycles. The molecule has 26 heavy (non-hydrogen) atoms. The fraction of sp³-hybridized carbons (Fsp3) is 0.381. The SMILES string of the molecule is CC1CCN(Cc2ccc(OCc3ccccc3)c(C(=O)O)c2)CC1.Cl. The van der Waals surface area contributed by atoms with E-state index in [1.165, 1.54) is 12.8 Å². The third-order valence-corrected chi connectivity index (χ3v) is 4.79. The van der Waals surface area contributed by atoms with Gasteiger partial charge in [0.1, 0.15) is 17.9 Å². The lowest BCUT2D eigenvalue weighted by atomic mass is 9.98. The van der Waals surface area contributed by atoms with Gasteiger partial charge in [0.15, 0.2) is 0 Å². The Labute approximate surface area is 161 Å². The van der Waals surface area contributed by atoms with E-state index in [0.717, 1.165) is 36.7 Å². The highest BCUT2D eigenvalue weighted by Crippen LogP contribution is 2.24. The van der Waals surface area contributed by atoms with Crippen molar-refractivity contribution in [2.75, 3.05) is 13.1 Å². The highest BCUT2D eigenvalue weighted by Gasteiger charge is 2.18. The van der Waals surface area contributed by atoms with E-state index < -0.39 is 5.97 Å². The Bertz CT molecular complexity index is 712. The van der Waals surface area contributed by atoms with Gasteiger partial charge in [0.25, 0.3) is 0 Å². The van der Waals surface area contributed by atoms with Gasteiger partial charge in [-0.3, -0.25) is 4.90 Å². The molecule has 0 amide bonds. The van der Waals surface area contributed by atoms with Crippen LogP contribution in [0.1, 0.15) is 41.3 Å². The van der Waals surface area contributed by atoms with Crippen molar-refractivity contribution in [3.05, 3.63) is 65.2 Å². The Hall–Kier alpha value is -2.04. The molecule has 1 saturated heterocycles. The Kier molecular flexibility index (Phi) is 7.49. The van der Waals surface area contributed by atoms with Crippen molar-refractivity contribution in [3.8, 4) is 5.75 Å². The van der Waals surface area contributed by atoms with Gasteiger partial charge in [-0.25, -0.2) is 4.79 Å². The topological polar surface area (TPSA) is 49.8 Å². The number of carboxylic acid groups (broad SMARTS) is 1. The Morgan fingerprint density at radius 1 is 1.12 bits per heavy atom. The molecule has 3 rings (SSSR count). The van der Waals surface area contributed by atoms with Crippen molar-refractivity contribution in [2.24, 2.45) is 5.92 Å². The number of likely N-dealkylation sites (tertiary alicyclic amines) is 1. The Balaban J connectivity index is 0.00000243. The summed E-state index contributed by atoms with van der Waals surface area (Å²) in [5.74, 6) is 0.268. The number of rotatable bonds is 6. The second kappa shape index (κ2) is 9.60. The van der Waals surface area contributed by atoms with Gasteiger partial charge in [-0.15, -0.1) is 12.4 Å². The molecule has 0 spiro atoms. The molecule has 1 heterocycles. The third-order valence-electron chi connectivity index (χ3n) is 4.79. The molecule has 5 heteroatoms. The van der Waals surface area contributed by atoms with E-state index in [2.05, 4.69) is 11.8 Å². The predicted molar refractivity (Wildman–Crippen MR) is 105 cm³/mol. The molecular weight excluding hydrogens is 350 g/mol. The normalized spacial score (nSPS) is 15.3. The van der Waals surface area contributed by atoms with Crippen molar-refractivity contribution >= 4 is 18.4 Å². The van der Waals surface area contributed by atoms with E-state index in [1.54, 1.807) is 12.1 Å². The molecule has 2 aromatic rings. The second-order valence-electron chi connectivity index (χ2n) is 6.87. The minimum atomic E-state index is -0.947. The van der Waals surface area contributed by atoms with Gasteiger partial charge < -0.3 is 9.84 Å². The smallest absolute Gasteiger partial charge is 0.339 e. The molecule has 0 atom stereocenters. The largest absolute Gasteiger partial charge is 0.488 e. The molecule has 0 aromatic heterocycles. The first kappa shape index (κ1) is 20.3. The van der Waals surface area contributed by atoms with Crippen LogP contribution in [-0.4, -0.2) is 29.1 Å². The highest BCUT2D eigenvalue weighted by molar-refractivity contribution is 5.91. The second-order valence-corrected chi connectivity index (χ2v) is 6.87. The van der Waals surface area contributed by atoms with Crippen LogP contribution in [0.15, 0.2) is 48.5 Å². The van der Waals surface area contributed by atoms with Gasteiger partial charge in [0.2, 0.25) is 0 Å². The van der Waals surface area contributed by atoms with Gasteiger partial charge in [-0.2, -0.15) is 0 Å². The Morgan fingerprint density at radius 3 is 2.46 bits per heavy atom. The summed E-state index contributed by atoms with van der Waals surface area (Å²) in [6.07, 6.45) is 2.42. The van der Waals surface area contributed by atoms with Crippen LogP contribution in [0, 0.1) is 5.92 Å². The van der Waals surface area contributed by atoms with E-state index in [-0.39, 0.29) is 18.0 Å². The van der Waals surface area contributed by atoms with E-state index in [4.69, 9.17) is 4.74 Å². The van der Waals surface area contributed by atoms with E-state index in [9.17, 15) is 9.90 Å². The maximum absolute atomic E-state index is 11.6. The lowest BCUT2D eigenvalue weighted by Gasteiger charge is -2.30. The van der Waals surface area contributed by atoms with Crippen LogP contribution in [0.5, 0.6) is 5.75 Å². The summed E-state index contributed by atoms with van der Waals surface area (Å²) >= 11 is 0. The quantitative estimate of drug-likeness (QED) is 0.800. The van der Waals surface area contributed by atoms with Crippen LogP contribution in [-0.2, 0) is 13.2 Å². The summed E-state index contributed by atoms with van der Waals surface area (Å²) in [6, 6.07) is 15.3. The molecule has 140 valence electrons. The third kappa shape index (κ3) is 5.48. The lowest BCUT2D eigenvalue weighted by molar-refractivity contribution is 0.0691. The van der Waals surface area contributed by atoms with Crippen molar-refractivity contribution < 1.29 is 14.6 Å². The van der Waals surface area contributed by atoms with Crippen molar-refractivity contribution in [1.29, 1.82) is 0 Å². The fourth-order valence-corrected chi connectivity index (χ4v) is 3.18. The fourth-order valence-electron chi connectivity index (χ4n) is 3.18. The average Bonchev–Trinajstić information content (AvgIpc) is 2.63. The van der Waals surface area contributed by atoms with Crippen molar-refractivity contribution in [3.63, 3.8) is 0 Å². The van der Waals surface area contributed by atoms with Crippen molar-refractivity contribution in [1.82, 2.24) is 4.90 Å². The lowest BCUT2D eigenvalue weighted by Crippen LogP contribution is -2.32. The number of carboxylic acids is 1. The summed E-state index contributed by atoms with van der Waals surface area (Å²) in [5, 5.41) is 9.53. The number of benzene rings is 2. The molecule has 1 aliphatic rings. The first-order valence-corrected chi connectivity index (χ1v) is 8.87. The molecule has 1 aliphatic heterocycles. The highest BCUT2D eigenvalue weighted by atomic mass is 35.5. The van der Waals surface area contributed by atoms with Crippen molar-refractivity contribution in [2.45, 2.75) is 32.9 Å². The molecule has 0 saturated carbocycles. The maximum atomic E-state index is 11.6. The summed E-state index contributed by atoms with van der Waals surface area (Å²) < 4.78 is 5.75. The Morgan fingerprint density at radius 2 is 1.81 bits per heavy atom. The molecule has 1 fully saturated rings. The zero-order chi connectivity index (χ0) is 17.6. The summed E-state index contributed by atoms with van der Waals surface area (Å²) in [6.45, 7) is 5.61. The van der Waals surface area contributed by atoms with Crippen LogP contribution in [0.3, 0.4) is 0 Å². The molecule has 0 aliphatic carbocycles. The molecule has 4 nitrogen and oxygen atoms in total. The first-order chi connectivity index (χ1) is 12.1. The summed E-state index contributed by atoms with van der Waals surface area (Å²) in [5.41, 5.74) is 2.28. The van der Waals surface area contributed by atoms with E-state index >= 15 is 0 Å². The predicted octanol–water partition coefficient (Wildman–Crippen LogP) is 4.62. The number of nitrogens with zero attached hydrogens (tertiary/aromatic N) is 1. The van der Waals surface area contributed by atoms with Crippen LogP contribution in [0.25, 0.3) is 0 Å². The molecule has 0 unspecified atom stereocenters. The zero-order valence-corrected chi connectivity index (χ0v) is 15.9. The summed E-state index contributed by atoms with van der Waals surface area (Å²) in [7, 11) is 0. The number of aromatic carboxylic acids is 1. The van der Waals surface area contributed by atoms with E-state index in [0.29, 0.717) is 12.4 Å². The number of hydrogen-bond acceptors (Lipinski definition) is 3. The zero-order valence-electron chi connectivity index (χ0n) is 15.1. The molecule has 1 N–H and O–H groups in total. The number of carbonyl (C=O) groups is 1. The van der Waals surface area contributed by atoms with Crippen LogP contribution in [0.4, 0.5) is 0 Å². The van der Waals surface area contributed by atoms with Crippen LogP contribution < -0.4 is 4.74 Å². The molecular formula is C21H26ClNO3. The number of ether oxygens (including phenoxy) is 1. The first-order valence-electron chi connectivity index (χ1n) is 8.87. The number of hydrogen-bond donors (Lipinski definition) is 1. The summed E-state index contributed by atoms with van der Waals surface area (Å²) in [4.78, 5) is 14.0. The van der Waals surface area contributed by atoms with Gasteiger partial charge in [0.05, 0.1) is 0 Å².